The van der Waals surface area contributed by atoms with E-state index in [-0.39, 0.29) is 18.5 Å². The van der Waals surface area contributed by atoms with Gasteiger partial charge in [0.2, 0.25) is 0 Å². The Morgan fingerprint density at radius 1 is 1.45 bits per heavy atom. The maximum absolute atomic E-state index is 10.0. The molecule has 2 N–H and O–H groups in total. The molecule has 11 heavy (non-hydrogen) atoms. The minimum absolute atomic E-state index is 0. The molecule has 1 fully saturated rings. The highest BCUT2D eigenvalue weighted by Gasteiger charge is 2.15. The summed E-state index contributed by atoms with van der Waals surface area (Å²) < 4.78 is 4.57. The van der Waals surface area contributed by atoms with Gasteiger partial charge in [0, 0.05) is 0 Å². The molecule has 1 heterocycles. The summed E-state index contributed by atoms with van der Waals surface area (Å²) in [7, 11) is 0. The van der Waals surface area contributed by atoms with E-state index >= 15 is 0 Å². The van der Waals surface area contributed by atoms with Gasteiger partial charge in [0.15, 0.2) is 0 Å². The minimum Gasteiger partial charge on any atom is -0.450 e. The van der Waals surface area contributed by atoms with Crippen molar-refractivity contribution in [1.82, 2.24) is 5.32 Å². The van der Waals surface area contributed by atoms with Crippen LogP contribution in [0.1, 0.15) is 12.8 Å². The van der Waals surface area contributed by atoms with E-state index in [1.54, 1.807) is 0 Å². The first-order valence-corrected chi connectivity index (χ1v) is 3.39. The predicted molar refractivity (Wildman–Crippen MR) is 42.2 cm³/mol. The lowest BCUT2D eigenvalue weighted by molar-refractivity contribution is 0.0389. The molecule has 1 rings (SSSR count). The quantitative estimate of drug-likeness (QED) is 0.589. The first kappa shape index (κ1) is 10.5. The molecule has 0 aromatic carbocycles. The van der Waals surface area contributed by atoms with Crippen LogP contribution < -0.4 is 5.32 Å². The summed E-state index contributed by atoms with van der Waals surface area (Å²) in [6, 6.07) is 0. The number of hydrogen-bond donors (Lipinski definition) is 2. The molecule has 0 aromatic heterocycles. The van der Waals surface area contributed by atoms with Gasteiger partial charge in [0.25, 0.3) is 0 Å². The molecule has 1 aliphatic heterocycles. The van der Waals surface area contributed by atoms with E-state index in [0.29, 0.717) is 0 Å². The lowest BCUT2D eigenvalue weighted by atomic mass is 10.1. The summed E-state index contributed by atoms with van der Waals surface area (Å²) in [6.45, 7) is 1.72. The zero-order chi connectivity index (χ0) is 7.40. The molecule has 0 atom stereocenters. The molecule has 5 heteroatoms. The summed E-state index contributed by atoms with van der Waals surface area (Å²) in [4.78, 5) is 10.0. The normalized spacial score (nSPS) is 18.5. The maximum atomic E-state index is 10.0. The molecule has 0 spiro atoms. The molecule has 0 aromatic rings. The van der Waals surface area contributed by atoms with E-state index < -0.39 is 6.16 Å². The Balaban J connectivity index is 0.000001000. The molecule has 0 saturated carbocycles. The second kappa shape index (κ2) is 5.21. The number of hydrogen-bond acceptors (Lipinski definition) is 3. The standard InChI is InChI=1S/C6H11NO3.ClH/c8-6(9)10-5-1-3-7-4-2-5;/h5,7H,1-4H2,(H,8,9);1H. The Morgan fingerprint density at radius 2 is 2.00 bits per heavy atom. The van der Waals surface area contributed by atoms with E-state index in [0.717, 1.165) is 25.9 Å². The van der Waals surface area contributed by atoms with Crippen LogP contribution in [0, 0.1) is 0 Å². The minimum atomic E-state index is -1.16. The van der Waals surface area contributed by atoms with Gasteiger partial charge in [-0.3, -0.25) is 0 Å². The second-order valence-corrected chi connectivity index (χ2v) is 2.33. The lowest BCUT2D eigenvalue weighted by Crippen LogP contribution is -2.33. The lowest BCUT2D eigenvalue weighted by Gasteiger charge is -2.20. The van der Waals surface area contributed by atoms with Crippen molar-refractivity contribution in [2.24, 2.45) is 0 Å². The summed E-state index contributed by atoms with van der Waals surface area (Å²) in [6.07, 6.45) is 0.351. The van der Waals surface area contributed by atoms with Crippen LogP contribution in [-0.2, 0) is 4.74 Å². The molecule has 0 aliphatic carbocycles. The van der Waals surface area contributed by atoms with Crippen molar-refractivity contribution in [3.05, 3.63) is 0 Å². The van der Waals surface area contributed by atoms with Gasteiger partial charge in [-0.25, -0.2) is 4.79 Å². The fourth-order valence-electron chi connectivity index (χ4n) is 1.06. The molecular weight excluding hydrogens is 170 g/mol. The third-order valence-electron chi connectivity index (χ3n) is 1.55. The van der Waals surface area contributed by atoms with Crippen LogP contribution in [-0.4, -0.2) is 30.5 Å². The van der Waals surface area contributed by atoms with Crippen molar-refractivity contribution in [3.63, 3.8) is 0 Å². The first-order valence-electron chi connectivity index (χ1n) is 3.39. The van der Waals surface area contributed by atoms with Gasteiger partial charge in [-0.2, -0.15) is 0 Å². The SMILES string of the molecule is Cl.O=C(O)OC1CCNCC1. The van der Waals surface area contributed by atoms with Crippen LogP contribution in [0.4, 0.5) is 4.79 Å². The monoisotopic (exact) mass is 181 g/mol. The van der Waals surface area contributed by atoms with Crippen molar-refractivity contribution in [2.75, 3.05) is 13.1 Å². The van der Waals surface area contributed by atoms with Crippen LogP contribution in [0.5, 0.6) is 0 Å². The molecule has 0 unspecified atom stereocenters. The highest BCUT2D eigenvalue weighted by Crippen LogP contribution is 2.06. The van der Waals surface area contributed by atoms with Crippen molar-refractivity contribution in [2.45, 2.75) is 18.9 Å². The van der Waals surface area contributed by atoms with Crippen LogP contribution >= 0.6 is 12.4 Å². The summed E-state index contributed by atoms with van der Waals surface area (Å²) in [5.74, 6) is 0. The topological polar surface area (TPSA) is 58.6 Å². The third kappa shape index (κ3) is 4.06. The molecule has 0 radical (unpaired) electrons. The second-order valence-electron chi connectivity index (χ2n) is 2.33. The van der Waals surface area contributed by atoms with Gasteiger partial charge in [0.05, 0.1) is 0 Å². The maximum Gasteiger partial charge on any atom is 0.506 e. The molecule has 66 valence electrons. The van der Waals surface area contributed by atoms with E-state index in [1.165, 1.54) is 0 Å². The fraction of sp³-hybridized carbons (Fsp3) is 0.833. The number of carbonyl (C=O) groups is 1. The molecule has 1 saturated heterocycles. The van der Waals surface area contributed by atoms with Crippen molar-refractivity contribution >= 4 is 18.6 Å². The highest BCUT2D eigenvalue weighted by atomic mass is 35.5. The van der Waals surface area contributed by atoms with Crippen LogP contribution in [0.15, 0.2) is 0 Å². The number of halogens is 1. The van der Waals surface area contributed by atoms with Crippen molar-refractivity contribution < 1.29 is 14.6 Å². The first-order chi connectivity index (χ1) is 4.79. The Bertz CT molecular complexity index is 125. The van der Waals surface area contributed by atoms with E-state index in [4.69, 9.17) is 5.11 Å². The van der Waals surface area contributed by atoms with Crippen LogP contribution in [0.3, 0.4) is 0 Å². The van der Waals surface area contributed by atoms with Gasteiger partial charge >= 0.3 is 6.16 Å². The highest BCUT2D eigenvalue weighted by molar-refractivity contribution is 5.85. The smallest absolute Gasteiger partial charge is 0.450 e. The van der Waals surface area contributed by atoms with Crippen molar-refractivity contribution in [3.8, 4) is 0 Å². The zero-order valence-corrected chi connectivity index (χ0v) is 6.89. The van der Waals surface area contributed by atoms with E-state index in [2.05, 4.69) is 10.1 Å². The molecule has 0 amide bonds. The summed E-state index contributed by atoms with van der Waals surface area (Å²) in [5, 5.41) is 11.3. The zero-order valence-electron chi connectivity index (χ0n) is 6.08. The number of ether oxygens (including phenoxy) is 1. The summed E-state index contributed by atoms with van der Waals surface area (Å²) in [5.41, 5.74) is 0. The predicted octanol–water partition coefficient (Wildman–Crippen LogP) is 0.855. The van der Waals surface area contributed by atoms with Gasteiger partial charge in [-0.1, -0.05) is 0 Å². The Morgan fingerprint density at radius 3 is 2.45 bits per heavy atom. The number of piperidine rings is 1. The Kier molecular flexibility index (Phi) is 4.98. The fourth-order valence-corrected chi connectivity index (χ4v) is 1.06. The largest absolute Gasteiger partial charge is 0.506 e. The number of nitrogens with one attached hydrogen (secondary N) is 1. The van der Waals surface area contributed by atoms with E-state index in [9.17, 15) is 4.79 Å². The van der Waals surface area contributed by atoms with Gasteiger partial charge in [-0.15, -0.1) is 12.4 Å². The van der Waals surface area contributed by atoms with Crippen LogP contribution in [0.25, 0.3) is 0 Å². The molecular formula is C6H12ClNO3. The van der Waals surface area contributed by atoms with Gasteiger partial charge in [-0.05, 0) is 25.9 Å². The van der Waals surface area contributed by atoms with Crippen molar-refractivity contribution in [1.29, 1.82) is 0 Å². The van der Waals surface area contributed by atoms with Crippen LogP contribution in [0.2, 0.25) is 0 Å². The van der Waals surface area contributed by atoms with Gasteiger partial charge in [0.1, 0.15) is 6.10 Å². The Hall–Kier alpha value is -0.480. The average Bonchev–Trinajstić information content (AvgIpc) is 1.88. The van der Waals surface area contributed by atoms with E-state index in [1.807, 2.05) is 0 Å². The Labute approximate surface area is 71.3 Å². The van der Waals surface area contributed by atoms with Gasteiger partial charge < -0.3 is 15.2 Å². The molecule has 0 bridgehead atoms. The molecule has 4 nitrogen and oxygen atoms in total. The third-order valence-corrected chi connectivity index (χ3v) is 1.55. The molecule has 1 aliphatic rings. The number of carboxylic acid groups (broad SMARTS) is 1. The number of rotatable bonds is 1. The average molecular weight is 182 g/mol. The summed E-state index contributed by atoms with van der Waals surface area (Å²) >= 11 is 0.